The summed E-state index contributed by atoms with van der Waals surface area (Å²) in [6.45, 7) is 0. The van der Waals surface area contributed by atoms with Crippen LogP contribution < -0.4 is 10.2 Å². The van der Waals surface area contributed by atoms with E-state index in [1.54, 1.807) is 6.20 Å². The zero-order valence-electron chi connectivity index (χ0n) is 10.1. The Labute approximate surface area is 114 Å². The molecule has 0 aliphatic carbocycles. The van der Waals surface area contributed by atoms with Crippen LogP contribution in [0.4, 0.5) is 21.6 Å². The van der Waals surface area contributed by atoms with Crippen molar-refractivity contribution in [3.8, 4) is 0 Å². The van der Waals surface area contributed by atoms with Crippen molar-refractivity contribution in [2.45, 2.75) is 0 Å². The van der Waals surface area contributed by atoms with Crippen LogP contribution in [-0.2, 0) is 0 Å². The summed E-state index contributed by atoms with van der Waals surface area (Å²) in [6, 6.07) is 9.08. The van der Waals surface area contributed by atoms with E-state index in [1.807, 2.05) is 43.3 Å². The highest BCUT2D eigenvalue weighted by molar-refractivity contribution is 9.10. The van der Waals surface area contributed by atoms with E-state index in [0.29, 0.717) is 4.47 Å². The van der Waals surface area contributed by atoms with Crippen molar-refractivity contribution in [3.63, 3.8) is 0 Å². The molecule has 0 aliphatic heterocycles. The molecule has 0 atom stereocenters. The third-order valence-corrected chi connectivity index (χ3v) is 2.87. The second-order valence-corrected chi connectivity index (χ2v) is 4.97. The van der Waals surface area contributed by atoms with Crippen molar-refractivity contribution < 1.29 is 4.39 Å². The van der Waals surface area contributed by atoms with Crippen LogP contribution in [0.2, 0.25) is 0 Å². The normalized spacial score (nSPS) is 10.2. The molecule has 3 nitrogen and oxygen atoms in total. The summed E-state index contributed by atoms with van der Waals surface area (Å²) in [4.78, 5) is 5.98. The maximum Gasteiger partial charge on any atom is 0.166 e. The van der Waals surface area contributed by atoms with E-state index in [2.05, 4.69) is 26.2 Å². The van der Waals surface area contributed by atoms with Crippen molar-refractivity contribution in [2.75, 3.05) is 24.3 Å². The van der Waals surface area contributed by atoms with E-state index in [-0.39, 0.29) is 11.6 Å². The highest BCUT2D eigenvalue weighted by Gasteiger charge is 2.05. The van der Waals surface area contributed by atoms with Gasteiger partial charge in [-0.25, -0.2) is 9.37 Å². The Bertz CT molecular complexity index is 558. The van der Waals surface area contributed by atoms with Gasteiger partial charge in [-0.05, 0) is 40.2 Å². The lowest BCUT2D eigenvalue weighted by molar-refractivity contribution is 0.625. The first-order valence-corrected chi connectivity index (χ1v) is 6.21. The van der Waals surface area contributed by atoms with Gasteiger partial charge in [-0.3, -0.25) is 0 Å². The third kappa shape index (κ3) is 2.98. The molecular formula is C13H13BrFN3. The van der Waals surface area contributed by atoms with E-state index >= 15 is 0 Å². The van der Waals surface area contributed by atoms with Gasteiger partial charge in [-0.15, -0.1) is 0 Å². The SMILES string of the molecule is CN(C)c1cccc(Nc2ncc(Br)cc2F)c1. The van der Waals surface area contributed by atoms with Crippen LogP contribution >= 0.6 is 15.9 Å². The number of hydrogen-bond donors (Lipinski definition) is 1. The number of halogens is 2. The average molecular weight is 310 g/mol. The van der Waals surface area contributed by atoms with E-state index in [0.717, 1.165) is 11.4 Å². The predicted octanol–water partition coefficient (Wildman–Crippen LogP) is 3.79. The molecule has 18 heavy (non-hydrogen) atoms. The lowest BCUT2D eigenvalue weighted by Gasteiger charge is -2.14. The van der Waals surface area contributed by atoms with Crippen LogP contribution in [0.1, 0.15) is 0 Å². The average Bonchev–Trinajstić information content (AvgIpc) is 2.33. The molecule has 2 rings (SSSR count). The minimum atomic E-state index is -0.389. The van der Waals surface area contributed by atoms with Crippen LogP contribution in [0, 0.1) is 5.82 Å². The Hall–Kier alpha value is -1.62. The summed E-state index contributed by atoms with van der Waals surface area (Å²) in [7, 11) is 3.91. The number of hydrogen-bond acceptors (Lipinski definition) is 3. The molecule has 1 heterocycles. The summed E-state index contributed by atoms with van der Waals surface area (Å²) >= 11 is 3.18. The smallest absolute Gasteiger partial charge is 0.166 e. The molecule has 1 N–H and O–H groups in total. The molecule has 1 aromatic carbocycles. The molecule has 0 saturated carbocycles. The summed E-state index contributed by atoms with van der Waals surface area (Å²) in [5, 5.41) is 2.96. The largest absolute Gasteiger partial charge is 0.378 e. The van der Waals surface area contributed by atoms with Gasteiger partial charge < -0.3 is 10.2 Å². The number of benzene rings is 1. The minimum absolute atomic E-state index is 0.217. The van der Waals surface area contributed by atoms with Gasteiger partial charge >= 0.3 is 0 Å². The maximum atomic E-state index is 13.6. The van der Waals surface area contributed by atoms with Crippen molar-refractivity contribution in [2.24, 2.45) is 0 Å². The Morgan fingerprint density at radius 1 is 1.28 bits per heavy atom. The first-order chi connectivity index (χ1) is 8.56. The molecule has 1 aromatic heterocycles. The van der Waals surface area contributed by atoms with Gasteiger partial charge in [0.25, 0.3) is 0 Å². The number of nitrogens with one attached hydrogen (secondary N) is 1. The van der Waals surface area contributed by atoms with Gasteiger partial charge in [0.2, 0.25) is 0 Å². The summed E-state index contributed by atoms with van der Waals surface area (Å²) < 4.78 is 14.2. The third-order valence-electron chi connectivity index (χ3n) is 2.43. The number of aromatic nitrogens is 1. The van der Waals surface area contributed by atoms with Crippen molar-refractivity contribution in [1.82, 2.24) is 4.98 Å². The van der Waals surface area contributed by atoms with E-state index in [1.165, 1.54) is 6.07 Å². The number of anilines is 3. The zero-order chi connectivity index (χ0) is 13.1. The van der Waals surface area contributed by atoms with Gasteiger partial charge in [-0.2, -0.15) is 0 Å². The zero-order valence-corrected chi connectivity index (χ0v) is 11.7. The fourth-order valence-electron chi connectivity index (χ4n) is 1.51. The molecule has 0 bridgehead atoms. The highest BCUT2D eigenvalue weighted by Crippen LogP contribution is 2.23. The molecule has 0 radical (unpaired) electrons. The van der Waals surface area contributed by atoms with E-state index in [4.69, 9.17) is 0 Å². The monoisotopic (exact) mass is 309 g/mol. The molecule has 0 unspecified atom stereocenters. The standard InChI is InChI=1S/C13H13BrFN3/c1-18(2)11-5-3-4-10(7-11)17-13-12(15)6-9(14)8-16-13/h3-8H,1-2H3,(H,16,17). The molecular weight excluding hydrogens is 297 g/mol. The Balaban J connectivity index is 2.25. The van der Waals surface area contributed by atoms with Gasteiger partial charge in [0.15, 0.2) is 11.6 Å². The number of nitrogens with zero attached hydrogens (tertiary/aromatic N) is 2. The van der Waals surface area contributed by atoms with Gasteiger partial charge in [-0.1, -0.05) is 6.07 Å². The van der Waals surface area contributed by atoms with E-state index in [9.17, 15) is 4.39 Å². The molecule has 0 saturated heterocycles. The summed E-state index contributed by atoms with van der Waals surface area (Å²) in [5.41, 5.74) is 1.84. The van der Waals surface area contributed by atoms with Crippen molar-refractivity contribution >= 4 is 33.1 Å². The minimum Gasteiger partial charge on any atom is -0.378 e. The molecule has 0 amide bonds. The fourth-order valence-corrected chi connectivity index (χ4v) is 1.81. The molecule has 0 spiro atoms. The topological polar surface area (TPSA) is 28.2 Å². The van der Waals surface area contributed by atoms with Crippen LogP contribution in [0.15, 0.2) is 41.0 Å². The van der Waals surface area contributed by atoms with Crippen molar-refractivity contribution in [1.29, 1.82) is 0 Å². The molecule has 5 heteroatoms. The highest BCUT2D eigenvalue weighted by atomic mass is 79.9. The Morgan fingerprint density at radius 3 is 2.72 bits per heavy atom. The first-order valence-electron chi connectivity index (χ1n) is 5.42. The predicted molar refractivity (Wildman–Crippen MR) is 75.9 cm³/mol. The van der Waals surface area contributed by atoms with Crippen molar-refractivity contribution in [3.05, 3.63) is 46.8 Å². The lowest BCUT2D eigenvalue weighted by atomic mass is 10.2. The summed E-state index contributed by atoms with van der Waals surface area (Å²) in [6.07, 6.45) is 1.56. The summed E-state index contributed by atoms with van der Waals surface area (Å²) in [5.74, 6) is -0.172. The second kappa shape index (κ2) is 5.35. The molecule has 0 fully saturated rings. The van der Waals surface area contributed by atoms with Crippen LogP contribution in [0.25, 0.3) is 0 Å². The second-order valence-electron chi connectivity index (χ2n) is 4.05. The number of pyridine rings is 1. The van der Waals surface area contributed by atoms with E-state index < -0.39 is 0 Å². The van der Waals surface area contributed by atoms with Gasteiger partial charge in [0, 0.05) is 36.1 Å². The van der Waals surface area contributed by atoms with Crippen LogP contribution in [0.3, 0.4) is 0 Å². The quantitative estimate of drug-likeness (QED) is 0.935. The van der Waals surface area contributed by atoms with Gasteiger partial charge in [0.1, 0.15) is 0 Å². The fraction of sp³-hybridized carbons (Fsp3) is 0.154. The lowest BCUT2D eigenvalue weighted by Crippen LogP contribution is -2.08. The first kappa shape index (κ1) is 12.8. The van der Waals surface area contributed by atoms with Crippen LogP contribution in [-0.4, -0.2) is 19.1 Å². The Morgan fingerprint density at radius 2 is 2.06 bits per heavy atom. The molecule has 0 aliphatic rings. The van der Waals surface area contributed by atoms with Crippen LogP contribution in [0.5, 0.6) is 0 Å². The van der Waals surface area contributed by atoms with Gasteiger partial charge in [0.05, 0.1) is 0 Å². The molecule has 2 aromatic rings. The molecule has 94 valence electrons. The Kier molecular flexibility index (Phi) is 3.81. The maximum absolute atomic E-state index is 13.6. The number of rotatable bonds is 3.